The van der Waals surface area contributed by atoms with Gasteiger partial charge in [0.2, 0.25) is 0 Å². The van der Waals surface area contributed by atoms with E-state index in [1.165, 1.54) is 0 Å². The number of amides is 2. The van der Waals surface area contributed by atoms with E-state index >= 15 is 0 Å². The van der Waals surface area contributed by atoms with Gasteiger partial charge in [-0.15, -0.1) is 0 Å². The Balaban J connectivity index is 2.35. The molecule has 5 nitrogen and oxygen atoms in total. The molecule has 2 amide bonds. The standard InChI is InChI=1S/C9H6N2O3/c12-7-8(13)10-11(9(7)14)6-4-2-1-3-5-6/h1-5H,(H,10,13). The summed E-state index contributed by atoms with van der Waals surface area (Å²) in [5.41, 5.74) is 2.63. The number of nitrogens with zero attached hydrogens (tertiary/aromatic N) is 1. The second-order valence-corrected chi connectivity index (χ2v) is 2.75. The third-order valence-electron chi connectivity index (χ3n) is 1.83. The smallest absolute Gasteiger partial charge is 0.277 e. The van der Waals surface area contributed by atoms with Crippen molar-refractivity contribution in [1.29, 1.82) is 0 Å². The van der Waals surface area contributed by atoms with Crippen molar-refractivity contribution in [3.8, 4) is 0 Å². The van der Waals surface area contributed by atoms with Gasteiger partial charge >= 0.3 is 17.6 Å². The number of para-hydroxylation sites is 1. The summed E-state index contributed by atoms with van der Waals surface area (Å²) in [5, 5.41) is 0.935. The number of hydrazine groups is 1. The molecule has 1 aliphatic rings. The summed E-state index contributed by atoms with van der Waals surface area (Å²) < 4.78 is 0. The van der Waals surface area contributed by atoms with Crippen LogP contribution in [0.2, 0.25) is 0 Å². The lowest BCUT2D eigenvalue weighted by Gasteiger charge is -2.12. The molecule has 0 radical (unpaired) electrons. The molecule has 1 aromatic carbocycles. The molecule has 1 aliphatic heterocycles. The van der Waals surface area contributed by atoms with Gasteiger partial charge in [0.25, 0.3) is 0 Å². The van der Waals surface area contributed by atoms with Crippen molar-refractivity contribution < 1.29 is 14.4 Å². The predicted molar refractivity (Wildman–Crippen MR) is 47.1 cm³/mol. The van der Waals surface area contributed by atoms with E-state index in [1.807, 2.05) is 0 Å². The van der Waals surface area contributed by atoms with Gasteiger partial charge in [0, 0.05) is 0 Å². The van der Waals surface area contributed by atoms with Gasteiger partial charge in [-0.05, 0) is 12.1 Å². The number of anilines is 1. The molecular formula is C9H6N2O3. The Labute approximate surface area is 79.3 Å². The minimum Gasteiger partial charge on any atom is -0.277 e. The SMILES string of the molecule is O=C1NN(c2ccccc2)C(=O)C1=O. The summed E-state index contributed by atoms with van der Waals surface area (Å²) >= 11 is 0. The first kappa shape index (κ1) is 8.43. The van der Waals surface area contributed by atoms with Gasteiger partial charge < -0.3 is 0 Å². The van der Waals surface area contributed by atoms with E-state index in [9.17, 15) is 14.4 Å². The van der Waals surface area contributed by atoms with Crippen molar-refractivity contribution in [1.82, 2.24) is 5.43 Å². The van der Waals surface area contributed by atoms with E-state index in [2.05, 4.69) is 5.43 Å². The van der Waals surface area contributed by atoms with Crippen LogP contribution in [0.4, 0.5) is 5.69 Å². The average molecular weight is 190 g/mol. The Morgan fingerprint density at radius 2 is 1.64 bits per heavy atom. The fraction of sp³-hybridized carbons (Fsp3) is 0. The van der Waals surface area contributed by atoms with Crippen molar-refractivity contribution in [2.24, 2.45) is 0 Å². The van der Waals surface area contributed by atoms with Gasteiger partial charge in [-0.25, -0.2) is 5.01 Å². The molecular weight excluding hydrogens is 184 g/mol. The van der Waals surface area contributed by atoms with E-state index in [0.717, 1.165) is 5.01 Å². The molecule has 1 aromatic rings. The van der Waals surface area contributed by atoms with Crippen LogP contribution in [0.1, 0.15) is 0 Å². The molecule has 14 heavy (non-hydrogen) atoms. The largest absolute Gasteiger partial charge is 0.323 e. The molecule has 0 aliphatic carbocycles. The zero-order valence-electron chi connectivity index (χ0n) is 7.06. The van der Waals surface area contributed by atoms with Crippen LogP contribution in [0.3, 0.4) is 0 Å². The second-order valence-electron chi connectivity index (χ2n) is 2.75. The highest BCUT2D eigenvalue weighted by atomic mass is 16.2. The fourth-order valence-corrected chi connectivity index (χ4v) is 1.16. The number of carbonyl (C=O) groups excluding carboxylic acids is 3. The molecule has 70 valence electrons. The third-order valence-corrected chi connectivity index (χ3v) is 1.83. The molecule has 1 saturated heterocycles. The number of nitrogens with one attached hydrogen (secondary N) is 1. The molecule has 0 saturated carbocycles. The molecule has 1 N–H and O–H groups in total. The van der Waals surface area contributed by atoms with Gasteiger partial charge in [-0.1, -0.05) is 18.2 Å². The van der Waals surface area contributed by atoms with E-state index in [1.54, 1.807) is 30.3 Å². The van der Waals surface area contributed by atoms with E-state index in [4.69, 9.17) is 0 Å². The minimum absolute atomic E-state index is 0.469. The lowest BCUT2D eigenvalue weighted by atomic mass is 10.3. The number of rotatable bonds is 1. The van der Waals surface area contributed by atoms with Crippen LogP contribution < -0.4 is 10.4 Å². The predicted octanol–water partition coefficient (Wildman–Crippen LogP) is -0.367. The third kappa shape index (κ3) is 1.15. The van der Waals surface area contributed by atoms with Crippen LogP contribution in [-0.2, 0) is 14.4 Å². The van der Waals surface area contributed by atoms with Crippen LogP contribution in [0.5, 0.6) is 0 Å². The van der Waals surface area contributed by atoms with Crippen molar-refractivity contribution in [2.75, 3.05) is 5.01 Å². The number of carbonyl (C=O) groups is 3. The quantitative estimate of drug-likeness (QED) is 0.614. The van der Waals surface area contributed by atoms with Crippen molar-refractivity contribution >= 4 is 23.3 Å². The molecule has 0 bridgehead atoms. The first-order chi connectivity index (χ1) is 6.70. The summed E-state index contributed by atoms with van der Waals surface area (Å²) in [6.45, 7) is 0. The van der Waals surface area contributed by atoms with Crippen LogP contribution in [0.25, 0.3) is 0 Å². The van der Waals surface area contributed by atoms with Crippen LogP contribution >= 0.6 is 0 Å². The van der Waals surface area contributed by atoms with Crippen molar-refractivity contribution in [3.05, 3.63) is 30.3 Å². The molecule has 2 rings (SSSR count). The summed E-state index contributed by atoms with van der Waals surface area (Å²) in [6.07, 6.45) is 0. The average Bonchev–Trinajstić information content (AvgIpc) is 2.47. The molecule has 0 spiro atoms. The summed E-state index contributed by atoms with van der Waals surface area (Å²) in [6, 6.07) is 8.43. The summed E-state index contributed by atoms with van der Waals surface area (Å²) in [4.78, 5) is 32.9. The van der Waals surface area contributed by atoms with Gasteiger partial charge in [-0.2, -0.15) is 0 Å². The zero-order valence-corrected chi connectivity index (χ0v) is 7.06. The molecule has 1 fully saturated rings. The van der Waals surface area contributed by atoms with E-state index in [0.29, 0.717) is 5.69 Å². The van der Waals surface area contributed by atoms with Crippen molar-refractivity contribution in [2.45, 2.75) is 0 Å². The van der Waals surface area contributed by atoms with E-state index in [-0.39, 0.29) is 0 Å². The van der Waals surface area contributed by atoms with Crippen LogP contribution in [-0.4, -0.2) is 17.6 Å². The zero-order chi connectivity index (χ0) is 10.1. The number of ketones is 1. The number of hydrogen-bond donors (Lipinski definition) is 1. The summed E-state index contributed by atoms with van der Waals surface area (Å²) in [7, 11) is 0. The number of Topliss-reactive ketones (excluding diaryl/α,β-unsaturated/α-hetero) is 1. The molecule has 5 heteroatoms. The maximum Gasteiger partial charge on any atom is 0.323 e. The van der Waals surface area contributed by atoms with Crippen LogP contribution in [0.15, 0.2) is 30.3 Å². The second kappa shape index (κ2) is 2.95. The Morgan fingerprint density at radius 1 is 1.00 bits per heavy atom. The highest BCUT2D eigenvalue weighted by Crippen LogP contribution is 2.13. The monoisotopic (exact) mass is 190 g/mol. The number of benzene rings is 1. The molecule has 0 unspecified atom stereocenters. The topological polar surface area (TPSA) is 66.5 Å². The fourth-order valence-electron chi connectivity index (χ4n) is 1.16. The van der Waals surface area contributed by atoms with Gasteiger partial charge in [0.1, 0.15) is 0 Å². The van der Waals surface area contributed by atoms with Gasteiger partial charge in [0.15, 0.2) is 0 Å². The minimum atomic E-state index is -1.03. The highest BCUT2D eigenvalue weighted by molar-refractivity contribution is 6.68. The maximum atomic E-state index is 11.2. The van der Waals surface area contributed by atoms with Crippen LogP contribution in [0, 0.1) is 0 Å². The van der Waals surface area contributed by atoms with Gasteiger partial charge in [0.05, 0.1) is 5.69 Å². The van der Waals surface area contributed by atoms with E-state index < -0.39 is 17.6 Å². The highest BCUT2D eigenvalue weighted by Gasteiger charge is 2.38. The Bertz CT molecular complexity index is 413. The van der Waals surface area contributed by atoms with Gasteiger partial charge in [-0.3, -0.25) is 19.8 Å². The Hall–Kier alpha value is -2.17. The number of hydrogen-bond acceptors (Lipinski definition) is 3. The first-order valence-corrected chi connectivity index (χ1v) is 3.94. The van der Waals surface area contributed by atoms with Crippen molar-refractivity contribution in [3.63, 3.8) is 0 Å². The Kier molecular flexibility index (Phi) is 1.78. The lowest BCUT2D eigenvalue weighted by molar-refractivity contribution is -0.140. The maximum absolute atomic E-state index is 11.2. The first-order valence-electron chi connectivity index (χ1n) is 3.94. The lowest BCUT2D eigenvalue weighted by Crippen LogP contribution is -2.35. The Morgan fingerprint density at radius 3 is 2.14 bits per heavy atom. The molecule has 0 atom stereocenters. The summed E-state index contributed by atoms with van der Waals surface area (Å²) in [5.74, 6) is -2.77. The molecule has 0 aromatic heterocycles. The molecule has 1 heterocycles. The normalized spacial score (nSPS) is 16.0.